The van der Waals surface area contributed by atoms with Crippen molar-refractivity contribution in [3.8, 4) is 11.5 Å². The number of carboxylic acids is 1. The van der Waals surface area contributed by atoms with Crippen LogP contribution in [0.5, 0.6) is 11.5 Å². The average Bonchev–Trinajstić information content (AvgIpc) is 2.37. The smallest absolute Gasteiger partial charge is 0.314 e. The molecule has 0 fully saturated rings. The summed E-state index contributed by atoms with van der Waals surface area (Å²) in [6.07, 6.45) is 0. The Kier molecular flexibility index (Phi) is 3.74. The van der Waals surface area contributed by atoms with Crippen molar-refractivity contribution in [2.24, 2.45) is 11.8 Å². The Hall–Kier alpha value is -2.04. The number of benzene rings is 1. The van der Waals surface area contributed by atoms with E-state index < -0.39 is 17.7 Å². The third kappa shape index (κ3) is 2.70. The van der Waals surface area contributed by atoms with Gasteiger partial charge in [-0.15, -0.1) is 0 Å². The van der Waals surface area contributed by atoms with Gasteiger partial charge in [0.15, 0.2) is 17.3 Å². The summed E-state index contributed by atoms with van der Waals surface area (Å²) in [6, 6.07) is 4.77. The van der Waals surface area contributed by atoms with Gasteiger partial charge in [-0.3, -0.25) is 9.59 Å². The number of fused-ring (bicyclic) bond motifs is 1. The number of Topliss-reactive ketones (excluding diaryl/α,β-unsaturated/α-hetero) is 1. The number of hydrogen-bond donors (Lipinski definition) is 1. The third-order valence-electron chi connectivity index (χ3n) is 3.04. The summed E-state index contributed by atoms with van der Waals surface area (Å²) in [4.78, 5) is 23.4. The van der Waals surface area contributed by atoms with Gasteiger partial charge in [0, 0.05) is 5.56 Å². The molecule has 1 atom stereocenters. The van der Waals surface area contributed by atoms with Crippen LogP contribution in [0.1, 0.15) is 24.2 Å². The molecule has 2 rings (SSSR count). The van der Waals surface area contributed by atoms with Crippen molar-refractivity contribution in [3.05, 3.63) is 23.8 Å². The number of carboxylic acid groups (broad SMARTS) is 1. The van der Waals surface area contributed by atoms with Crippen LogP contribution in [0.4, 0.5) is 0 Å². The molecule has 19 heavy (non-hydrogen) atoms. The van der Waals surface area contributed by atoms with Crippen molar-refractivity contribution in [3.63, 3.8) is 0 Å². The van der Waals surface area contributed by atoms with E-state index >= 15 is 0 Å². The first-order chi connectivity index (χ1) is 9.00. The van der Waals surface area contributed by atoms with E-state index in [1.165, 1.54) is 0 Å². The van der Waals surface area contributed by atoms with Gasteiger partial charge in [-0.2, -0.15) is 0 Å². The summed E-state index contributed by atoms with van der Waals surface area (Å²) in [6.45, 7) is 4.34. The monoisotopic (exact) mass is 264 g/mol. The van der Waals surface area contributed by atoms with Crippen LogP contribution >= 0.6 is 0 Å². The van der Waals surface area contributed by atoms with Gasteiger partial charge >= 0.3 is 5.97 Å². The zero-order valence-corrected chi connectivity index (χ0v) is 10.9. The Labute approximate surface area is 111 Å². The normalized spacial score (nSPS) is 15.1. The Bertz CT molecular complexity index is 507. The van der Waals surface area contributed by atoms with Crippen LogP contribution in [-0.2, 0) is 4.79 Å². The molecule has 1 heterocycles. The maximum atomic E-state index is 12.2. The van der Waals surface area contributed by atoms with E-state index in [-0.39, 0.29) is 5.92 Å². The molecule has 0 aromatic heterocycles. The van der Waals surface area contributed by atoms with Crippen molar-refractivity contribution in [2.75, 3.05) is 13.2 Å². The second-order valence-corrected chi connectivity index (χ2v) is 4.78. The van der Waals surface area contributed by atoms with Gasteiger partial charge in [0.25, 0.3) is 0 Å². The predicted octanol–water partition coefficient (Wildman–Crippen LogP) is 2.00. The van der Waals surface area contributed by atoms with E-state index in [4.69, 9.17) is 14.6 Å². The van der Waals surface area contributed by atoms with Crippen LogP contribution in [0.3, 0.4) is 0 Å². The number of hydrogen-bond acceptors (Lipinski definition) is 4. The molecule has 5 heteroatoms. The van der Waals surface area contributed by atoms with Crippen LogP contribution in [-0.4, -0.2) is 30.1 Å². The highest BCUT2D eigenvalue weighted by Crippen LogP contribution is 2.32. The number of ketones is 1. The zero-order valence-electron chi connectivity index (χ0n) is 10.9. The number of ether oxygens (including phenoxy) is 2. The molecule has 0 saturated heterocycles. The maximum Gasteiger partial charge on any atom is 0.314 e. The van der Waals surface area contributed by atoms with Gasteiger partial charge in [-0.1, -0.05) is 13.8 Å². The van der Waals surface area contributed by atoms with Crippen LogP contribution < -0.4 is 9.47 Å². The van der Waals surface area contributed by atoms with Crippen LogP contribution in [0.15, 0.2) is 18.2 Å². The van der Waals surface area contributed by atoms with Gasteiger partial charge < -0.3 is 14.6 Å². The molecule has 0 saturated carbocycles. The minimum atomic E-state index is -1.10. The lowest BCUT2D eigenvalue weighted by Crippen LogP contribution is -2.29. The van der Waals surface area contributed by atoms with Gasteiger partial charge in [0.1, 0.15) is 19.1 Å². The highest BCUT2D eigenvalue weighted by atomic mass is 16.6. The lowest BCUT2D eigenvalue weighted by atomic mass is 9.88. The lowest BCUT2D eigenvalue weighted by molar-refractivity contribution is -0.141. The van der Waals surface area contributed by atoms with Crippen LogP contribution in [0.2, 0.25) is 0 Å². The summed E-state index contributed by atoms with van der Waals surface area (Å²) in [5.41, 5.74) is 0.338. The molecule has 102 valence electrons. The minimum absolute atomic E-state index is 0.266. The molecule has 0 aliphatic carbocycles. The highest BCUT2D eigenvalue weighted by Gasteiger charge is 2.31. The van der Waals surface area contributed by atoms with Gasteiger partial charge in [-0.05, 0) is 24.1 Å². The van der Waals surface area contributed by atoms with E-state index in [0.717, 1.165) is 0 Å². The number of carbonyl (C=O) groups excluding carboxylic acids is 1. The molecular formula is C14H16O5. The van der Waals surface area contributed by atoms with E-state index in [1.54, 1.807) is 32.0 Å². The first-order valence-corrected chi connectivity index (χ1v) is 6.17. The van der Waals surface area contributed by atoms with E-state index in [1.807, 2.05) is 0 Å². The second-order valence-electron chi connectivity index (χ2n) is 4.78. The Morgan fingerprint density at radius 2 is 1.79 bits per heavy atom. The first kappa shape index (κ1) is 13.4. The zero-order chi connectivity index (χ0) is 14.0. The van der Waals surface area contributed by atoms with Gasteiger partial charge in [-0.25, -0.2) is 0 Å². The van der Waals surface area contributed by atoms with E-state index in [9.17, 15) is 9.59 Å². The molecule has 1 unspecified atom stereocenters. The maximum absolute atomic E-state index is 12.2. The molecular weight excluding hydrogens is 248 g/mol. The first-order valence-electron chi connectivity index (χ1n) is 6.17. The molecule has 1 aromatic carbocycles. The summed E-state index contributed by atoms with van der Waals surface area (Å²) >= 11 is 0. The standard InChI is InChI=1S/C14H16O5/c1-8(2)12(14(16)17)13(15)9-3-4-10-11(7-9)19-6-5-18-10/h3-4,7-8,12H,5-6H2,1-2H3,(H,16,17). The molecule has 1 N–H and O–H groups in total. The SMILES string of the molecule is CC(C)C(C(=O)O)C(=O)c1ccc2c(c1)OCCO2. The van der Waals surface area contributed by atoms with Crippen molar-refractivity contribution < 1.29 is 24.2 Å². The van der Waals surface area contributed by atoms with Crippen molar-refractivity contribution in [2.45, 2.75) is 13.8 Å². The molecule has 0 spiro atoms. The van der Waals surface area contributed by atoms with E-state index in [0.29, 0.717) is 30.3 Å². The molecule has 0 bridgehead atoms. The summed E-state index contributed by atoms with van der Waals surface area (Å²) in [7, 11) is 0. The largest absolute Gasteiger partial charge is 0.486 e. The lowest BCUT2D eigenvalue weighted by Gasteiger charge is -2.20. The second kappa shape index (κ2) is 5.30. The minimum Gasteiger partial charge on any atom is -0.486 e. The number of rotatable bonds is 4. The van der Waals surface area contributed by atoms with Crippen molar-refractivity contribution in [1.82, 2.24) is 0 Å². The van der Waals surface area contributed by atoms with E-state index in [2.05, 4.69) is 0 Å². The Morgan fingerprint density at radius 3 is 2.37 bits per heavy atom. The molecule has 1 aliphatic rings. The number of aliphatic carboxylic acids is 1. The highest BCUT2D eigenvalue weighted by molar-refractivity contribution is 6.08. The van der Waals surface area contributed by atoms with Gasteiger partial charge in [0.05, 0.1) is 0 Å². The molecule has 0 amide bonds. The average molecular weight is 264 g/mol. The summed E-state index contributed by atoms with van der Waals surface area (Å²) in [5, 5.41) is 9.14. The Morgan fingerprint density at radius 1 is 1.16 bits per heavy atom. The summed E-state index contributed by atoms with van der Waals surface area (Å²) < 4.78 is 10.8. The molecule has 5 nitrogen and oxygen atoms in total. The quantitative estimate of drug-likeness (QED) is 0.665. The van der Waals surface area contributed by atoms with Gasteiger partial charge in [0.2, 0.25) is 0 Å². The fourth-order valence-electron chi connectivity index (χ4n) is 2.08. The van der Waals surface area contributed by atoms with Crippen LogP contribution in [0, 0.1) is 11.8 Å². The molecule has 1 aromatic rings. The summed E-state index contributed by atoms with van der Waals surface area (Å²) in [5.74, 6) is -1.74. The topological polar surface area (TPSA) is 72.8 Å². The van der Waals surface area contributed by atoms with Crippen LogP contribution in [0.25, 0.3) is 0 Å². The third-order valence-corrected chi connectivity index (χ3v) is 3.04. The molecule has 0 radical (unpaired) electrons. The fourth-order valence-corrected chi connectivity index (χ4v) is 2.08. The van der Waals surface area contributed by atoms with Crippen molar-refractivity contribution >= 4 is 11.8 Å². The number of carbonyl (C=O) groups is 2. The Balaban J connectivity index is 2.30. The predicted molar refractivity (Wildman–Crippen MR) is 67.7 cm³/mol. The molecule has 1 aliphatic heterocycles. The fraction of sp³-hybridized carbons (Fsp3) is 0.429. The van der Waals surface area contributed by atoms with Crippen molar-refractivity contribution in [1.29, 1.82) is 0 Å².